The Labute approximate surface area is 52.3 Å². The molecule has 4 heteroatoms. The molecule has 1 radical (unpaired) electrons. The van der Waals surface area contributed by atoms with E-state index in [1.165, 1.54) is 10.9 Å². The number of rotatable bonds is 1. The van der Waals surface area contributed by atoms with E-state index in [2.05, 4.69) is 11.3 Å². The van der Waals surface area contributed by atoms with Crippen molar-refractivity contribution in [2.24, 2.45) is 12.8 Å². The van der Waals surface area contributed by atoms with Crippen LogP contribution >= 0.6 is 0 Å². The Morgan fingerprint density at radius 3 is 2.89 bits per heavy atom. The molecule has 47 valence electrons. The van der Waals surface area contributed by atoms with Crippen molar-refractivity contribution in [1.29, 1.82) is 0 Å². The summed E-state index contributed by atoms with van der Waals surface area (Å²) in [5.41, 5.74) is 5.22. The minimum atomic E-state index is -0.497. The highest BCUT2D eigenvalue weighted by Gasteiger charge is 2.00. The standard InChI is InChI=1S/C5H6N3O/c1-8-3-4(2-7-8)5(6)9/h3H,1H3,(H2,6,9). The Hall–Kier alpha value is -1.32. The number of aryl methyl sites for hydroxylation is 1. The normalized spacial score (nSPS) is 9.44. The van der Waals surface area contributed by atoms with Crippen LogP contribution in [0.2, 0.25) is 0 Å². The lowest BCUT2D eigenvalue weighted by molar-refractivity contribution is 0.1000. The van der Waals surface area contributed by atoms with E-state index in [-0.39, 0.29) is 0 Å². The zero-order chi connectivity index (χ0) is 6.85. The summed E-state index contributed by atoms with van der Waals surface area (Å²) in [7, 11) is 1.70. The van der Waals surface area contributed by atoms with E-state index in [9.17, 15) is 4.79 Å². The lowest BCUT2D eigenvalue weighted by atomic mass is 10.4. The second kappa shape index (κ2) is 1.89. The average molecular weight is 124 g/mol. The van der Waals surface area contributed by atoms with Crippen molar-refractivity contribution in [3.05, 3.63) is 18.0 Å². The fourth-order valence-corrected chi connectivity index (χ4v) is 0.496. The maximum Gasteiger partial charge on any atom is 0.252 e. The fraction of sp³-hybridized carbons (Fsp3) is 0.200. The Morgan fingerprint density at radius 1 is 2.00 bits per heavy atom. The number of primary amides is 1. The molecule has 0 unspecified atom stereocenters. The van der Waals surface area contributed by atoms with E-state index in [1.807, 2.05) is 0 Å². The third kappa shape index (κ3) is 1.07. The van der Waals surface area contributed by atoms with Gasteiger partial charge in [-0.25, -0.2) is 0 Å². The van der Waals surface area contributed by atoms with Crippen LogP contribution in [0.25, 0.3) is 0 Å². The van der Waals surface area contributed by atoms with Gasteiger partial charge < -0.3 is 5.73 Å². The summed E-state index contributed by atoms with van der Waals surface area (Å²) < 4.78 is 1.47. The molecule has 0 saturated heterocycles. The minimum Gasteiger partial charge on any atom is -0.365 e. The Bertz CT molecular complexity index is 228. The number of carbonyl (C=O) groups excluding carboxylic acids is 1. The van der Waals surface area contributed by atoms with Gasteiger partial charge in [0.1, 0.15) is 6.20 Å². The monoisotopic (exact) mass is 124 g/mol. The third-order valence-corrected chi connectivity index (χ3v) is 0.910. The first-order valence-electron chi connectivity index (χ1n) is 2.41. The molecule has 1 aromatic heterocycles. The van der Waals surface area contributed by atoms with Crippen molar-refractivity contribution in [1.82, 2.24) is 9.78 Å². The first kappa shape index (κ1) is 5.81. The molecule has 0 spiro atoms. The van der Waals surface area contributed by atoms with Crippen molar-refractivity contribution < 1.29 is 4.79 Å². The van der Waals surface area contributed by atoms with Crippen molar-refractivity contribution in [2.75, 3.05) is 0 Å². The van der Waals surface area contributed by atoms with E-state index in [0.717, 1.165) is 0 Å². The van der Waals surface area contributed by atoms with Crippen molar-refractivity contribution in [2.45, 2.75) is 0 Å². The molecule has 0 aliphatic rings. The predicted molar refractivity (Wildman–Crippen MR) is 30.6 cm³/mol. The van der Waals surface area contributed by atoms with Crippen LogP contribution in [0.1, 0.15) is 10.4 Å². The summed E-state index contributed by atoms with van der Waals surface area (Å²) in [6.45, 7) is 0. The van der Waals surface area contributed by atoms with Gasteiger partial charge in [-0.1, -0.05) is 0 Å². The lowest BCUT2D eigenvalue weighted by Gasteiger charge is -1.82. The number of carbonyl (C=O) groups is 1. The summed E-state index contributed by atoms with van der Waals surface area (Å²) in [6.07, 6.45) is 3.96. The van der Waals surface area contributed by atoms with E-state index in [4.69, 9.17) is 5.73 Å². The maximum absolute atomic E-state index is 10.4. The Balaban J connectivity index is 2.98. The van der Waals surface area contributed by atoms with Crippen LogP contribution in [-0.4, -0.2) is 15.7 Å². The van der Waals surface area contributed by atoms with Gasteiger partial charge in [0.15, 0.2) is 0 Å². The number of aromatic nitrogens is 2. The highest BCUT2D eigenvalue weighted by atomic mass is 16.1. The van der Waals surface area contributed by atoms with Crippen LogP contribution in [0.15, 0.2) is 6.20 Å². The quantitative estimate of drug-likeness (QED) is 0.539. The molecule has 0 aliphatic heterocycles. The summed E-state index contributed by atoms with van der Waals surface area (Å²) >= 11 is 0. The number of nitrogens with two attached hydrogens (primary N) is 1. The molecule has 0 saturated carbocycles. The van der Waals surface area contributed by atoms with Gasteiger partial charge in [0, 0.05) is 13.2 Å². The second-order valence-corrected chi connectivity index (χ2v) is 1.69. The smallest absolute Gasteiger partial charge is 0.252 e. The van der Waals surface area contributed by atoms with Crippen LogP contribution in [0, 0.1) is 6.20 Å². The summed E-state index contributed by atoms with van der Waals surface area (Å²) in [5, 5.41) is 3.63. The van der Waals surface area contributed by atoms with E-state index in [0.29, 0.717) is 5.56 Å². The molecule has 4 nitrogen and oxygen atoms in total. The molecule has 9 heavy (non-hydrogen) atoms. The van der Waals surface area contributed by atoms with Crippen molar-refractivity contribution in [3.63, 3.8) is 0 Å². The van der Waals surface area contributed by atoms with Crippen LogP contribution < -0.4 is 5.73 Å². The Kier molecular flexibility index (Phi) is 1.22. The molecule has 0 fully saturated rings. The molecule has 0 atom stereocenters. The fourth-order valence-electron chi connectivity index (χ4n) is 0.496. The highest BCUT2D eigenvalue weighted by Crippen LogP contribution is 1.90. The SMILES string of the molecule is Cn1cc(C(N)=O)[c]n1. The summed E-state index contributed by atoms with van der Waals surface area (Å²) in [6, 6.07) is 0. The largest absolute Gasteiger partial charge is 0.365 e. The third-order valence-electron chi connectivity index (χ3n) is 0.910. The van der Waals surface area contributed by atoms with Gasteiger partial charge in [0.2, 0.25) is 0 Å². The van der Waals surface area contributed by atoms with Gasteiger partial charge in [-0.2, -0.15) is 5.10 Å². The molecular weight excluding hydrogens is 118 g/mol. The molecule has 1 aromatic rings. The zero-order valence-corrected chi connectivity index (χ0v) is 4.96. The van der Waals surface area contributed by atoms with Crippen LogP contribution in [0.3, 0.4) is 0 Å². The lowest BCUT2D eigenvalue weighted by Crippen LogP contribution is -2.09. The van der Waals surface area contributed by atoms with Gasteiger partial charge in [-0.05, 0) is 0 Å². The van der Waals surface area contributed by atoms with Gasteiger partial charge in [-0.3, -0.25) is 9.48 Å². The molecule has 1 heterocycles. The second-order valence-electron chi connectivity index (χ2n) is 1.69. The van der Waals surface area contributed by atoms with E-state index >= 15 is 0 Å². The minimum absolute atomic E-state index is 0.317. The first-order valence-corrected chi connectivity index (χ1v) is 2.41. The summed E-state index contributed by atoms with van der Waals surface area (Å²) in [4.78, 5) is 10.4. The molecular formula is C5H6N3O. The number of hydrogen-bond donors (Lipinski definition) is 1. The van der Waals surface area contributed by atoms with Crippen molar-refractivity contribution >= 4 is 5.91 Å². The van der Waals surface area contributed by atoms with Gasteiger partial charge in [-0.15, -0.1) is 0 Å². The van der Waals surface area contributed by atoms with Gasteiger partial charge in [0.05, 0.1) is 5.56 Å². The summed E-state index contributed by atoms with van der Waals surface area (Å²) in [5.74, 6) is -0.497. The van der Waals surface area contributed by atoms with Gasteiger partial charge in [0.25, 0.3) is 5.91 Å². The molecule has 0 aromatic carbocycles. The molecule has 0 bridgehead atoms. The van der Waals surface area contributed by atoms with E-state index in [1.54, 1.807) is 7.05 Å². The van der Waals surface area contributed by atoms with Crippen LogP contribution in [-0.2, 0) is 7.05 Å². The van der Waals surface area contributed by atoms with Gasteiger partial charge >= 0.3 is 0 Å². The molecule has 1 amide bonds. The predicted octanol–water partition coefficient (Wildman–Crippen LogP) is -0.681. The first-order chi connectivity index (χ1) is 4.20. The number of nitrogens with zero attached hydrogens (tertiary/aromatic N) is 2. The average Bonchev–Trinajstić information content (AvgIpc) is 2.14. The van der Waals surface area contributed by atoms with Crippen molar-refractivity contribution in [3.8, 4) is 0 Å². The highest BCUT2D eigenvalue weighted by molar-refractivity contribution is 5.91. The molecule has 2 N–H and O–H groups in total. The maximum atomic E-state index is 10.4. The van der Waals surface area contributed by atoms with Crippen LogP contribution in [0.5, 0.6) is 0 Å². The van der Waals surface area contributed by atoms with Crippen LogP contribution in [0.4, 0.5) is 0 Å². The topological polar surface area (TPSA) is 60.9 Å². The molecule has 1 rings (SSSR count). The molecule has 0 aliphatic carbocycles. The number of hydrogen-bond acceptors (Lipinski definition) is 2. The zero-order valence-electron chi connectivity index (χ0n) is 4.96. The number of amides is 1. The van der Waals surface area contributed by atoms with E-state index < -0.39 is 5.91 Å². The Morgan fingerprint density at radius 2 is 2.67 bits per heavy atom.